The summed E-state index contributed by atoms with van der Waals surface area (Å²) in [6, 6.07) is 7.66. The van der Waals surface area contributed by atoms with Gasteiger partial charge in [-0.3, -0.25) is 4.98 Å². The predicted molar refractivity (Wildman–Crippen MR) is 87.6 cm³/mol. The number of benzene rings is 1. The Hall–Kier alpha value is -2.60. The number of ether oxygens (including phenoxy) is 1. The summed E-state index contributed by atoms with van der Waals surface area (Å²) in [5.41, 5.74) is 1.65. The van der Waals surface area contributed by atoms with Crippen molar-refractivity contribution in [1.29, 1.82) is 0 Å². The lowest BCUT2D eigenvalue weighted by Crippen LogP contribution is -2.31. The van der Waals surface area contributed by atoms with E-state index in [4.69, 9.17) is 11.6 Å². The molecule has 120 valence electrons. The lowest BCUT2D eigenvalue weighted by Gasteiger charge is -2.15. The number of halogens is 1. The number of carbonyl (C=O) groups is 2. The Balaban J connectivity index is 2.00. The van der Waals surface area contributed by atoms with Gasteiger partial charge < -0.3 is 15.4 Å². The molecule has 0 aliphatic carbocycles. The molecule has 23 heavy (non-hydrogen) atoms. The highest BCUT2D eigenvalue weighted by Gasteiger charge is 2.13. The van der Waals surface area contributed by atoms with Crippen LogP contribution in [0, 0.1) is 0 Å². The van der Waals surface area contributed by atoms with Crippen molar-refractivity contribution in [2.24, 2.45) is 0 Å². The van der Waals surface area contributed by atoms with Crippen molar-refractivity contribution in [1.82, 2.24) is 10.3 Å². The molecule has 0 spiro atoms. The highest BCUT2D eigenvalue weighted by Crippen LogP contribution is 2.22. The molecule has 2 aromatic rings. The lowest BCUT2D eigenvalue weighted by atomic mass is 10.1. The smallest absolute Gasteiger partial charge is 0.339 e. The van der Waals surface area contributed by atoms with Crippen LogP contribution < -0.4 is 10.6 Å². The van der Waals surface area contributed by atoms with Crippen molar-refractivity contribution >= 4 is 29.3 Å². The van der Waals surface area contributed by atoms with Crippen molar-refractivity contribution < 1.29 is 14.3 Å². The summed E-state index contributed by atoms with van der Waals surface area (Å²) in [4.78, 5) is 27.4. The van der Waals surface area contributed by atoms with Crippen molar-refractivity contribution in [3.05, 3.63) is 58.9 Å². The number of amides is 2. The molecule has 0 aliphatic heterocycles. The summed E-state index contributed by atoms with van der Waals surface area (Å²) in [5, 5.41) is 5.67. The van der Waals surface area contributed by atoms with E-state index in [1.54, 1.807) is 18.5 Å². The fourth-order valence-corrected chi connectivity index (χ4v) is 2.23. The van der Waals surface area contributed by atoms with Crippen molar-refractivity contribution in [3.8, 4) is 0 Å². The molecule has 7 heteroatoms. The molecule has 0 radical (unpaired) electrons. The molecule has 0 saturated carbocycles. The summed E-state index contributed by atoms with van der Waals surface area (Å²) in [6.07, 6.45) is 3.33. The maximum atomic E-state index is 12.0. The van der Waals surface area contributed by atoms with Crippen LogP contribution in [0.5, 0.6) is 0 Å². The molecule has 1 atom stereocenters. The molecule has 1 aromatic carbocycles. The first-order valence-corrected chi connectivity index (χ1v) is 7.24. The van der Waals surface area contributed by atoms with Crippen LogP contribution >= 0.6 is 11.6 Å². The molecule has 6 nitrogen and oxygen atoms in total. The van der Waals surface area contributed by atoms with E-state index in [-0.39, 0.29) is 22.7 Å². The third kappa shape index (κ3) is 4.43. The number of hydrogen-bond acceptors (Lipinski definition) is 4. The topological polar surface area (TPSA) is 80.3 Å². The van der Waals surface area contributed by atoms with Gasteiger partial charge in [-0.05, 0) is 42.8 Å². The molecule has 0 bridgehead atoms. The summed E-state index contributed by atoms with van der Waals surface area (Å²) < 4.78 is 4.61. The summed E-state index contributed by atoms with van der Waals surface area (Å²) in [5.74, 6) is -0.530. The minimum absolute atomic E-state index is 0.178. The van der Waals surface area contributed by atoms with Crippen LogP contribution in [-0.2, 0) is 4.74 Å². The summed E-state index contributed by atoms with van der Waals surface area (Å²) >= 11 is 6.01. The molecule has 2 amide bonds. The Morgan fingerprint density at radius 2 is 1.91 bits per heavy atom. The Bertz CT molecular complexity index is 707. The van der Waals surface area contributed by atoms with Crippen LogP contribution in [0.4, 0.5) is 10.5 Å². The fourth-order valence-electron chi connectivity index (χ4n) is 1.97. The highest BCUT2D eigenvalue weighted by atomic mass is 35.5. The number of hydrogen-bond donors (Lipinski definition) is 2. The number of pyridine rings is 1. The molecule has 0 fully saturated rings. The average Bonchev–Trinajstić information content (AvgIpc) is 2.55. The molecule has 1 aromatic heterocycles. The van der Waals surface area contributed by atoms with Gasteiger partial charge in [-0.25, -0.2) is 9.59 Å². The number of urea groups is 1. The van der Waals surface area contributed by atoms with Crippen LogP contribution in [0.25, 0.3) is 0 Å². The summed E-state index contributed by atoms with van der Waals surface area (Å²) in [7, 11) is 1.28. The van der Waals surface area contributed by atoms with Gasteiger partial charge in [0.25, 0.3) is 0 Å². The van der Waals surface area contributed by atoms with Gasteiger partial charge in [-0.15, -0.1) is 0 Å². The first kappa shape index (κ1) is 16.8. The van der Waals surface area contributed by atoms with E-state index in [0.717, 1.165) is 5.56 Å². The van der Waals surface area contributed by atoms with E-state index >= 15 is 0 Å². The Labute approximate surface area is 138 Å². The third-order valence-corrected chi connectivity index (χ3v) is 3.50. The van der Waals surface area contributed by atoms with Gasteiger partial charge in [-0.2, -0.15) is 0 Å². The van der Waals surface area contributed by atoms with E-state index < -0.39 is 5.97 Å². The minimum atomic E-state index is -0.530. The third-order valence-electron chi connectivity index (χ3n) is 3.19. The molecular formula is C16H16ClN3O3. The van der Waals surface area contributed by atoms with Crippen LogP contribution in [0.2, 0.25) is 5.02 Å². The molecule has 0 unspecified atom stereocenters. The number of nitrogens with zero attached hydrogens (tertiary/aromatic N) is 1. The van der Waals surface area contributed by atoms with Gasteiger partial charge in [0.1, 0.15) is 0 Å². The minimum Gasteiger partial charge on any atom is -0.465 e. The first-order valence-electron chi connectivity index (χ1n) is 6.86. The zero-order chi connectivity index (χ0) is 16.8. The van der Waals surface area contributed by atoms with Crippen LogP contribution in [0.15, 0.2) is 42.7 Å². The second-order valence-corrected chi connectivity index (χ2v) is 5.19. The van der Waals surface area contributed by atoms with E-state index in [2.05, 4.69) is 20.4 Å². The Kier molecular flexibility index (Phi) is 5.54. The predicted octanol–water partition coefficient (Wildman–Crippen LogP) is 3.40. The fraction of sp³-hybridized carbons (Fsp3) is 0.188. The van der Waals surface area contributed by atoms with Crippen LogP contribution in [-0.4, -0.2) is 24.1 Å². The van der Waals surface area contributed by atoms with Crippen LogP contribution in [0.3, 0.4) is 0 Å². The van der Waals surface area contributed by atoms with Crippen molar-refractivity contribution in [3.63, 3.8) is 0 Å². The normalized spacial score (nSPS) is 11.4. The number of anilines is 1. The van der Waals surface area contributed by atoms with Gasteiger partial charge >= 0.3 is 12.0 Å². The Morgan fingerprint density at radius 3 is 2.52 bits per heavy atom. The van der Waals surface area contributed by atoms with Gasteiger partial charge in [0.05, 0.1) is 23.7 Å². The monoisotopic (exact) mass is 333 g/mol. The summed E-state index contributed by atoms with van der Waals surface area (Å²) in [6.45, 7) is 1.86. The number of nitrogens with one attached hydrogen (secondary N) is 2. The van der Waals surface area contributed by atoms with Gasteiger partial charge in [0, 0.05) is 18.1 Å². The second-order valence-electron chi connectivity index (χ2n) is 4.79. The number of carbonyl (C=O) groups excluding carboxylic acids is 2. The molecule has 2 N–H and O–H groups in total. The zero-order valence-electron chi connectivity index (χ0n) is 12.7. The molecule has 0 aliphatic rings. The number of methoxy groups -OCH3 is 1. The van der Waals surface area contributed by atoms with E-state index in [0.29, 0.717) is 5.69 Å². The number of esters is 1. The number of rotatable bonds is 4. The standard InChI is InChI=1S/C16H16ClN3O3/c1-10(11-5-7-18-8-6-11)19-16(22)20-12-3-4-13(14(17)9-12)15(21)23-2/h3-10H,1-2H3,(H2,19,20,22)/t10-/m1/s1. The molecule has 2 rings (SSSR count). The van der Waals surface area contributed by atoms with E-state index in [1.165, 1.54) is 19.2 Å². The number of aromatic nitrogens is 1. The maximum Gasteiger partial charge on any atom is 0.339 e. The largest absolute Gasteiger partial charge is 0.465 e. The van der Waals surface area contributed by atoms with E-state index in [1.807, 2.05) is 19.1 Å². The zero-order valence-corrected chi connectivity index (χ0v) is 13.4. The van der Waals surface area contributed by atoms with Crippen molar-refractivity contribution in [2.45, 2.75) is 13.0 Å². The van der Waals surface area contributed by atoms with Crippen LogP contribution in [0.1, 0.15) is 28.9 Å². The van der Waals surface area contributed by atoms with Crippen molar-refractivity contribution in [2.75, 3.05) is 12.4 Å². The van der Waals surface area contributed by atoms with Gasteiger partial charge in [-0.1, -0.05) is 11.6 Å². The van der Waals surface area contributed by atoms with Gasteiger partial charge in [0.15, 0.2) is 0 Å². The quantitative estimate of drug-likeness (QED) is 0.840. The molecule has 1 heterocycles. The first-order chi connectivity index (χ1) is 11.0. The molecule has 0 saturated heterocycles. The SMILES string of the molecule is COC(=O)c1ccc(NC(=O)N[C@H](C)c2ccncc2)cc1Cl. The molecular weight excluding hydrogens is 318 g/mol. The average molecular weight is 334 g/mol. The van der Waals surface area contributed by atoms with E-state index in [9.17, 15) is 9.59 Å². The second kappa shape index (κ2) is 7.60. The van der Waals surface area contributed by atoms with Gasteiger partial charge in [0.2, 0.25) is 0 Å². The lowest BCUT2D eigenvalue weighted by molar-refractivity contribution is 0.0601. The Morgan fingerprint density at radius 1 is 1.22 bits per heavy atom. The maximum absolute atomic E-state index is 12.0. The highest BCUT2D eigenvalue weighted by molar-refractivity contribution is 6.33.